The number of alkyl halides is 3. The number of carbonyl (C=O) groups is 2. The summed E-state index contributed by atoms with van der Waals surface area (Å²) in [5, 5.41) is 2.52. The summed E-state index contributed by atoms with van der Waals surface area (Å²) in [6.07, 6.45) is -4.68. The van der Waals surface area contributed by atoms with Gasteiger partial charge in [0.05, 0.1) is 11.0 Å². The van der Waals surface area contributed by atoms with Crippen molar-refractivity contribution in [1.82, 2.24) is 9.55 Å². The van der Waals surface area contributed by atoms with Crippen molar-refractivity contribution < 1.29 is 22.8 Å². The standard InChI is InChI=1S/C18H14F3N3O2/c1-11(25)12-6-8-13(9-7-12)22-16(26)10-24-15-5-3-2-4-14(15)23-17(24)18(19,20)21/h2-9H,10H2,1H3,(H,22,26). The van der Waals surface area contributed by atoms with E-state index in [9.17, 15) is 22.8 Å². The molecule has 0 radical (unpaired) electrons. The summed E-state index contributed by atoms with van der Waals surface area (Å²) >= 11 is 0. The third kappa shape index (κ3) is 3.58. The number of rotatable bonds is 4. The number of carbonyl (C=O) groups excluding carboxylic acids is 2. The summed E-state index contributed by atoms with van der Waals surface area (Å²) < 4.78 is 40.6. The fourth-order valence-electron chi connectivity index (χ4n) is 2.58. The molecule has 0 unspecified atom stereocenters. The monoisotopic (exact) mass is 361 g/mol. The predicted molar refractivity (Wildman–Crippen MR) is 89.8 cm³/mol. The number of aromatic nitrogens is 2. The third-order valence-electron chi connectivity index (χ3n) is 3.78. The lowest BCUT2D eigenvalue weighted by atomic mass is 10.1. The van der Waals surface area contributed by atoms with E-state index in [1.165, 1.54) is 43.3 Å². The van der Waals surface area contributed by atoms with Crippen LogP contribution in [0.15, 0.2) is 48.5 Å². The molecule has 1 heterocycles. The normalized spacial score (nSPS) is 11.5. The van der Waals surface area contributed by atoms with Gasteiger partial charge in [-0.15, -0.1) is 0 Å². The number of ketones is 1. The summed E-state index contributed by atoms with van der Waals surface area (Å²) in [5.74, 6) is -1.88. The average molecular weight is 361 g/mol. The van der Waals surface area contributed by atoms with Crippen molar-refractivity contribution in [3.05, 3.63) is 59.9 Å². The SMILES string of the molecule is CC(=O)c1ccc(NC(=O)Cn2c(C(F)(F)F)nc3ccccc32)cc1. The van der Waals surface area contributed by atoms with Gasteiger partial charge in [0.1, 0.15) is 6.54 Å². The van der Waals surface area contributed by atoms with Crippen molar-refractivity contribution in [2.24, 2.45) is 0 Å². The second-order valence-corrected chi connectivity index (χ2v) is 5.69. The van der Waals surface area contributed by atoms with Gasteiger partial charge in [-0.2, -0.15) is 13.2 Å². The van der Waals surface area contributed by atoms with Gasteiger partial charge in [0.2, 0.25) is 11.7 Å². The molecule has 0 saturated heterocycles. The van der Waals surface area contributed by atoms with Gasteiger partial charge in [0, 0.05) is 11.3 Å². The second kappa shape index (κ2) is 6.62. The zero-order chi connectivity index (χ0) is 18.9. The number of hydrogen-bond acceptors (Lipinski definition) is 3. The van der Waals surface area contributed by atoms with E-state index in [2.05, 4.69) is 10.3 Å². The van der Waals surface area contributed by atoms with E-state index in [-0.39, 0.29) is 16.8 Å². The molecule has 3 rings (SSSR count). The number of halogens is 3. The number of hydrogen-bond donors (Lipinski definition) is 1. The maximum absolute atomic E-state index is 13.2. The van der Waals surface area contributed by atoms with Crippen molar-refractivity contribution >= 4 is 28.4 Å². The quantitative estimate of drug-likeness (QED) is 0.717. The number of nitrogens with zero attached hydrogens (tertiary/aromatic N) is 2. The van der Waals surface area contributed by atoms with Crippen molar-refractivity contribution in [2.45, 2.75) is 19.6 Å². The Morgan fingerprint density at radius 3 is 2.35 bits per heavy atom. The van der Waals surface area contributed by atoms with Crippen LogP contribution in [-0.2, 0) is 17.5 Å². The highest BCUT2D eigenvalue weighted by Crippen LogP contribution is 2.31. The summed E-state index contributed by atoms with van der Waals surface area (Å²) in [5.41, 5.74) is 1.25. The molecule has 1 N–H and O–H groups in total. The highest BCUT2D eigenvalue weighted by atomic mass is 19.4. The van der Waals surface area contributed by atoms with E-state index in [0.29, 0.717) is 11.3 Å². The molecular formula is C18H14F3N3O2. The summed E-state index contributed by atoms with van der Waals surface area (Å²) in [6, 6.07) is 12.2. The minimum atomic E-state index is -4.68. The molecule has 5 nitrogen and oxygen atoms in total. The van der Waals surface area contributed by atoms with E-state index in [0.717, 1.165) is 4.57 Å². The number of anilines is 1. The van der Waals surface area contributed by atoms with Gasteiger partial charge in [0.15, 0.2) is 5.78 Å². The van der Waals surface area contributed by atoms with E-state index < -0.39 is 24.5 Å². The van der Waals surface area contributed by atoms with Crippen molar-refractivity contribution in [2.75, 3.05) is 5.32 Å². The number of para-hydroxylation sites is 2. The number of benzene rings is 2. The van der Waals surface area contributed by atoms with Crippen LogP contribution < -0.4 is 5.32 Å². The first-order valence-electron chi connectivity index (χ1n) is 7.69. The third-order valence-corrected chi connectivity index (χ3v) is 3.78. The lowest BCUT2D eigenvalue weighted by Crippen LogP contribution is -2.23. The zero-order valence-corrected chi connectivity index (χ0v) is 13.7. The number of Topliss-reactive ketones (excluding diaryl/α,β-unsaturated/α-hetero) is 1. The number of imidazole rings is 1. The lowest BCUT2D eigenvalue weighted by Gasteiger charge is -2.12. The average Bonchev–Trinajstić information content (AvgIpc) is 2.94. The zero-order valence-electron chi connectivity index (χ0n) is 13.7. The van der Waals surface area contributed by atoms with Crippen molar-refractivity contribution in [3.63, 3.8) is 0 Å². The molecule has 2 aromatic carbocycles. The molecule has 1 aromatic heterocycles. The Morgan fingerprint density at radius 1 is 1.08 bits per heavy atom. The van der Waals surface area contributed by atoms with Gasteiger partial charge < -0.3 is 9.88 Å². The van der Waals surface area contributed by atoms with Crippen LogP contribution in [0.1, 0.15) is 23.1 Å². The van der Waals surface area contributed by atoms with Crippen LogP contribution in [0.4, 0.5) is 18.9 Å². The summed E-state index contributed by atoms with van der Waals surface area (Å²) in [7, 11) is 0. The highest BCUT2D eigenvalue weighted by molar-refractivity contribution is 5.95. The summed E-state index contributed by atoms with van der Waals surface area (Å²) in [6.45, 7) is 0.875. The fraction of sp³-hybridized carbons (Fsp3) is 0.167. The highest BCUT2D eigenvalue weighted by Gasteiger charge is 2.37. The van der Waals surface area contributed by atoms with E-state index in [1.807, 2.05) is 0 Å². The molecule has 0 saturated carbocycles. The molecule has 0 aliphatic carbocycles. The number of fused-ring (bicyclic) bond motifs is 1. The van der Waals surface area contributed by atoms with Crippen LogP contribution in [-0.4, -0.2) is 21.2 Å². The molecule has 0 fully saturated rings. The molecule has 134 valence electrons. The molecule has 8 heteroatoms. The minimum absolute atomic E-state index is 0.123. The van der Waals surface area contributed by atoms with Gasteiger partial charge in [0.25, 0.3) is 0 Å². The Hall–Kier alpha value is -3.16. The Balaban J connectivity index is 1.86. The van der Waals surface area contributed by atoms with Crippen LogP contribution in [0, 0.1) is 0 Å². The van der Waals surface area contributed by atoms with Gasteiger partial charge >= 0.3 is 6.18 Å². The van der Waals surface area contributed by atoms with Gasteiger partial charge in [-0.25, -0.2) is 4.98 Å². The molecule has 0 bridgehead atoms. The maximum atomic E-state index is 13.2. The van der Waals surface area contributed by atoms with Crippen LogP contribution in [0.3, 0.4) is 0 Å². The Kier molecular flexibility index (Phi) is 4.50. The topological polar surface area (TPSA) is 64.0 Å². The summed E-state index contributed by atoms with van der Waals surface area (Å²) in [4.78, 5) is 27.1. The van der Waals surface area contributed by atoms with Gasteiger partial charge in [-0.1, -0.05) is 12.1 Å². The number of nitrogens with one attached hydrogen (secondary N) is 1. The molecule has 0 atom stereocenters. The first-order valence-corrected chi connectivity index (χ1v) is 7.69. The van der Waals surface area contributed by atoms with Crippen molar-refractivity contribution in [1.29, 1.82) is 0 Å². The van der Waals surface area contributed by atoms with Gasteiger partial charge in [-0.05, 0) is 43.3 Å². The van der Waals surface area contributed by atoms with E-state index in [1.54, 1.807) is 12.1 Å². The Bertz CT molecular complexity index is 976. The first kappa shape index (κ1) is 17.7. The van der Waals surface area contributed by atoms with Crippen molar-refractivity contribution in [3.8, 4) is 0 Å². The molecule has 0 aliphatic heterocycles. The molecule has 0 aliphatic rings. The largest absolute Gasteiger partial charge is 0.449 e. The van der Waals surface area contributed by atoms with E-state index in [4.69, 9.17) is 0 Å². The number of amides is 1. The Morgan fingerprint density at radius 2 is 1.73 bits per heavy atom. The molecule has 3 aromatic rings. The predicted octanol–water partition coefficient (Wildman–Crippen LogP) is 3.90. The van der Waals surface area contributed by atoms with Crippen LogP contribution in [0.25, 0.3) is 11.0 Å². The van der Waals surface area contributed by atoms with Crippen LogP contribution in [0.5, 0.6) is 0 Å². The molecule has 1 amide bonds. The van der Waals surface area contributed by atoms with Crippen LogP contribution >= 0.6 is 0 Å². The fourth-order valence-corrected chi connectivity index (χ4v) is 2.58. The van der Waals surface area contributed by atoms with Crippen LogP contribution in [0.2, 0.25) is 0 Å². The Labute approximate surface area is 146 Å². The van der Waals surface area contributed by atoms with Gasteiger partial charge in [-0.3, -0.25) is 9.59 Å². The maximum Gasteiger partial charge on any atom is 0.449 e. The molecule has 26 heavy (non-hydrogen) atoms. The smallest absolute Gasteiger partial charge is 0.325 e. The minimum Gasteiger partial charge on any atom is -0.325 e. The molecular weight excluding hydrogens is 347 g/mol. The lowest BCUT2D eigenvalue weighted by molar-refractivity contribution is -0.147. The first-order chi connectivity index (χ1) is 12.3. The van der Waals surface area contributed by atoms with E-state index >= 15 is 0 Å². The second-order valence-electron chi connectivity index (χ2n) is 5.69. The molecule has 0 spiro atoms.